The second kappa shape index (κ2) is 8.19. The third kappa shape index (κ3) is 4.41. The van der Waals surface area contributed by atoms with E-state index >= 15 is 0 Å². The zero-order valence-corrected chi connectivity index (χ0v) is 15.1. The van der Waals surface area contributed by atoms with E-state index in [0.717, 1.165) is 17.1 Å². The van der Waals surface area contributed by atoms with Gasteiger partial charge in [0.2, 0.25) is 5.91 Å². The Hall–Kier alpha value is -2.30. The van der Waals surface area contributed by atoms with E-state index in [2.05, 4.69) is 10.3 Å². The van der Waals surface area contributed by atoms with Gasteiger partial charge in [-0.15, -0.1) is 0 Å². The zero-order chi connectivity index (χ0) is 17.6. The van der Waals surface area contributed by atoms with Crippen LogP contribution in [0.4, 0.5) is 0 Å². The second-order valence-corrected chi connectivity index (χ2v) is 6.88. The van der Waals surface area contributed by atoms with Crippen LogP contribution in [0, 0.1) is 5.92 Å². The van der Waals surface area contributed by atoms with Crippen LogP contribution in [0.3, 0.4) is 0 Å². The number of hydrogen-bond donors (Lipinski definition) is 1. The van der Waals surface area contributed by atoms with E-state index in [1.54, 1.807) is 13.3 Å². The number of aromatic nitrogens is 2. The molecule has 1 aliphatic rings. The lowest BCUT2D eigenvalue weighted by Crippen LogP contribution is -2.32. The van der Waals surface area contributed by atoms with Gasteiger partial charge in [-0.1, -0.05) is 31.4 Å². The molecule has 0 aliphatic heterocycles. The number of amides is 1. The summed E-state index contributed by atoms with van der Waals surface area (Å²) in [6.45, 7) is 0. The Kier molecular flexibility index (Phi) is 5.74. The number of imidazole rings is 1. The van der Waals surface area contributed by atoms with Crippen molar-refractivity contribution >= 4 is 5.91 Å². The highest BCUT2D eigenvalue weighted by Crippen LogP contribution is 2.28. The van der Waals surface area contributed by atoms with Crippen molar-refractivity contribution in [3.63, 3.8) is 0 Å². The monoisotopic (exact) mass is 341 g/mol. The summed E-state index contributed by atoms with van der Waals surface area (Å²) in [5, 5.41) is 3.20. The number of nitrogens with zero attached hydrogens (tertiary/aromatic N) is 2. The van der Waals surface area contributed by atoms with Gasteiger partial charge in [0.15, 0.2) is 0 Å². The van der Waals surface area contributed by atoms with Crippen LogP contribution in [-0.2, 0) is 11.8 Å². The molecule has 1 heterocycles. The van der Waals surface area contributed by atoms with Crippen molar-refractivity contribution in [2.24, 2.45) is 13.0 Å². The van der Waals surface area contributed by atoms with Crippen molar-refractivity contribution in [2.45, 2.75) is 44.6 Å². The summed E-state index contributed by atoms with van der Waals surface area (Å²) in [6, 6.07) is 7.54. The Morgan fingerprint density at radius 3 is 2.84 bits per heavy atom. The van der Waals surface area contributed by atoms with Crippen LogP contribution in [0.25, 0.3) is 0 Å². The lowest BCUT2D eigenvalue weighted by atomic mass is 9.86. The molecule has 1 aromatic heterocycles. The van der Waals surface area contributed by atoms with Gasteiger partial charge in [-0.3, -0.25) is 4.79 Å². The van der Waals surface area contributed by atoms with Crippen molar-refractivity contribution < 1.29 is 9.53 Å². The van der Waals surface area contributed by atoms with E-state index in [0.29, 0.717) is 12.3 Å². The van der Waals surface area contributed by atoms with E-state index in [-0.39, 0.29) is 11.9 Å². The van der Waals surface area contributed by atoms with Gasteiger partial charge in [0.1, 0.15) is 17.6 Å². The molecule has 134 valence electrons. The molecule has 2 aromatic rings. The van der Waals surface area contributed by atoms with E-state index in [9.17, 15) is 4.79 Å². The Morgan fingerprint density at radius 2 is 2.16 bits per heavy atom. The number of aryl methyl sites for hydroxylation is 1. The van der Waals surface area contributed by atoms with Crippen molar-refractivity contribution in [1.82, 2.24) is 14.9 Å². The topological polar surface area (TPSA) is 56.1 Å². The fourth-order valence-corrected chi connectivity index (χ4v) is 3.65. The molecule has 0 bridgehead atoms. The molecule has 1 amide bonds. The van der Waals surface area contributed by atoms with Crippen LogP contribution in [0.5, 0.6) is 5.75 Å². The first-order valence-electron chi connectivity index (χ1n) is 9.08. The summed E-state index contributed by atoms with van der Waals surface area (Å²) in [6.07, 6.45) is 10.4. The van der Waals surface area contributed by atoms with E-state index in [4.69, 9.17) is 4.74 Å². The lowest BCUT2D eigenvalue weighted by Gasteiger charge is -2.24. The summed E-state index contributed by atoms with van der Waals surface area (Å²) in [5.41, 5.74) is 0.977. The Labute approximate surface area is 149 Å². The number of rotatable bonds is 6. The van der Waals surface area contributed by atoms with Crippen molar-refractivity contribution in [3.05, 3.63) is 48.0 Å². The molecular formula is C20H27N3O2. The lowest BCUT2D eigenvalue weighted by molar-refractivity contribution is -0.122. The molecule has 25 heavy (non-hydrogen) atoms. The highest BCUT2D eigenvalue weighted by Gasteiger charge is 2.23. The number of nitrogens with one attached hydrogen (secondary N) is 1. The maximum Gasteiger partial charge on any atom is 0.221 e. The van der Waals surface area contributed by atoms with E-state index in [1.165, 1.54) is 32.1 Å². The maximum atomic E-state index is 12.7. The quantitative estimate of drug-likeness (QED) is 0.873. The zero-order valence-electron chi connectivity index (χ0n) is 15.1. The molecule has 0 spiro atoms. The smallest absolute Gasteiger partial charge is 0.221 e. The molecule has 1 atom stereocenters. The highest BCUT2D eigenvalue weighted by molar-refractivity contribution is 5.77. The Bertz CT molecular complexity index is 704. The molecule has 1 aliphatic carbocycles. The first-order chi connectivity index (χ1) is 12.2. The third-order valence-electron chi connectivity index (χ3n) is 5.05. The van der Waals surface area contributed by atoms with Crippen LogP contribution >= 0.6 is 0 Å². The fraction of sp³-hybridized carbons (Fsp3) is 0.500. The van der Waals surface area contributed by atoms with Gasteiger partial charge in [-0.2, -0.15) is 0 Å². The minimum Gasteiger partial charge on any atom is -0.497 e. The summed E-state index contributed by atoms with van der Waals surface area (Å²) in [7, 11) is 3.60. The first kappa shape index (κ1) is 17.5. The predicted molar refractivity (Wildman–Crippen MR) is 97.4 cm³/mol. The molecule has 5 nitrogen and oxygen atoms in total. The van der Waals surface area contributed by atoms with Gasteiger partial charge in [0.05, 0.1) is 7.11 Å². The minimum absolute atomic E-state index is 0.0997. The number of carbonyl (C=O) groups is 1. The molecule has 5 heteroatoms. The van der Waals surface area contributed by atoms with Gasteiger partial charge >= 0.3 is 0 Å². The number of carbonyl (C=O) groups excluding carboxylic acids is 1. The molecule has 1 aromatic carbocycles. The first-order valence-corrected chi connectivity index (χ1v) is 9.08. The average Bonchev–Trinajstić information content (AvgIpc) is 3.06. The van der Waals surface area contributed by atoms with Crippen LogP contribution in [0.1, 0.15) is 56.0 Å². The van der Waals surface area contributed by atoms with E-state index in [1.807, 2.05) is 42.1 Å². The summed E-state index contributed by atoms with van der Waals surface area (Å²) < 4.78 is 7.29. The molecular weight excluding hydrogens is 314 g/mol. The fourth-order valence-electron chi connectivity index (χ4n) is 3.65. The SMILES string of the molecule is COc1cccc(C(NC(=O)CC2CCCCC2)c2nccn2C)c1. The van der Waals surface area contributed by atoms with Crippen LogP contribution in [0.15, 0.2) is 36.7 Å². The van der Waals surface area contributed by atoms with Gasteiger partial charge in [0, 0.05) is 25.9 Å². The maximum absolute atomic E-state index is 12.7. The van der Waals surface area contributed by atoms with Crippen LogP contribution in [-0.4, -0.2) is 22.6 Å². The second-order valence-electron chi connectivity index (χ2n) is 6.88. The van der Waals surface area contributed by atoms with Gasteiger partial charge in [-0.05, 0) is 36.5 Å². The summed E-state index contributed by atoms with van der Waals surface area (Å²) >= 11 is 0. The number of methoxy groups -OCH3 is 1. The third-order valence-corrected chi connectivity index (χ3v) is 5.05. The molecule has 1 unspecified atom stereocenters. The van der Waals surface area contributed by atoms with E-state index < -0.39 is 0 Å². The van der Waals surface area contributed by atoms with Crippen LogP contribution < -0.4 is 10.1 Å². The predicted octanol–water partition coefficient (Wildman–Crippen LogP) is 3.60. The van der Waals surface area contributed by atoms with Gasteiger partial charge < -0.3 is 14.6 Å². The van der Waals surface area contributed by atoms with Gasteiger partial charge in [-0.25, -0.2) is 4.98 Å². The standard InChI is InChI=1S/C20H27N3O2/c1-23-12-11-21-20(23)19(16-9-6-10-17(14-16)25-2)22-18(24)13-15-7-4-3-5-8-15/h6,9-12,14-15,19H,3-5,7-8,13H2,1-2H3,(H,22,24). The van der Waals surface area contributed by atoms with Crippen molar-refractivity contribution in [3.8, 4) is 5.75 Å². The molecule has 1 saturated carbocycles. The minimum atomic E-state index is -0.272. The number of benzene rings is 1. The van der Waals surface area contributed by atoms with Crippen molar-refractivity contribution in [1.29, 1.82) is 0 Å². The van der Waals surface area contributed by atoms with Crippen molar-refractivity contribution in [2.75, 3.05) is 7.11 Å². The molecule has 1 N–H and O–H groups in total. The molecule has 0 saturated heterocycles. The number of ether oxygens (including phenoxy) is 1. The highest BCUT2D eigenvalue weighted by atomic mass is 16.5. The molecule has 1 fully saturated rings. The normalized spacial score (nSPS) is 16.4. The Morgan fingerprint density at radius 1 is 1.36 bits per heavy atom. The molecule has 0 radical (unpaired) electrons. The average molecular weight is 341 g/mol. The molecule has 3 rings (SSSR count). The van der Waals surface area contributed by atoms with Crippen LogP contribution in [0.2, 0.25) is 0 Å². The summed E-state index contributed by atoms with van der Waals surface area (Å²) in [4.78, 5) is 17.1. The Balaban J connectivity index is 1.79. The summed E-state index contributed by atoms with van der Waals surface area (Å²) in [5.74, 6) is 2.22. The number of hydrogen-bond acceptors (Lipinski definition) is 3. The van der Waals surface area contributed by atoms with Gasteiger partial charge in [0.25, 0.3) is 0 Å². The largest absolute Gasteiger partial charge is 0.497 e.